The summed E-state index contributed by atoms with van der Waals surface area (Å²) in [7, 11) is 0. The van der Waals surface area contributed by atoms with Crippen LogP contribution in [-0.4, -0.2) is 16.7 Å². The second-order valence-corrected chi connectivity index (χ2v) is 4.68. The number of hydrogen-bond acceptors (Lipinski definition) is 3. The van der Waals surface area contributed by atoms with Gasteiger partial charge in [-0.25, -0.2) is 4.98 Å². The molecule has 1 rings (SSSR count). The maximum absolute atomic E-state index is 9.03. The van der Waals surface area contributed by atoms with Crippen molar-refractivity contribution in [1.29, 1.82) is 0 Å². The van der Waals surface area contributed by atoms with Gasteiger partial charge in [0, 0.05) is 6.20 Å². The van der Waals surface area contributed by atoms with Gasteiger partial charge < -0.3 is 10.8 Å². The average molecular weight is 310 g/mol. The minimum Gasteiger partial charge on any atom is -0.394 e. The van der Waals surface area contributed by atoms with E-state index in [9.17, 15) is 0 Å². The first kappa shape index (κ1) is 11.1. The van der Waals surface area contributed by atoms with Crippen LogP contribution < -0.4 is 5.73 Å². The van der Waals surface area contributed by atoms with Crippen LogP contribution in [0, 0.1) is 0 Å². The van der Waals surface area contributed by atoms with Crippen LogP contribution in [0.4, 0.5) is 0 Å². The highest BCUT2D eigenvalue weighted by atomic mass is 79.9. The second kappa shape index (κ2) is 4.04. The monoisotopic (exact) mass is 308 g/mol. The van der Waals surface area contributed by atoms with Crippen molar-refractivity contribution in [3.63, 3.8) is 0 Å². The molecule has 13 heavy (non-hydrogen) atoms. The van der Waals surface area contributed by atoms with Gasteiger partial charge in [0.25, 0.3) is 0 Å². The highest BCUT2D eigenvalue weighted by Crippen LogP contribution is 2.25. The quantitative estimate of drug-likeness (QED) is 0.819. The molecule has 0 aliphatic heterocycles. The zero-order valence-corrected chi connectivity index (χ0v) is 10.3. The molecule has 1 aromatic rings. The maximum Gasteiger partial charge on any atom is 0.120 e. The number of hydrogen-bond donors (Lipinski definition) is 2. The highest BCUT2D eigenvalue weighted by Gasteiger charge is 2.20. The standard InChI is InChI=1S/C8H10Br2N2O/c1-8(11,4-13)5-2-6(9)7(10)12-3-5/h2-3,13H,4,11H2,1H3/t8-/m1/s1. The van der Waals surface area contributed by atoms with Crippen molar-refractivity contribution in [3.8, 4) is 0 Å². The molecular weight excluding hydrogens is 300 g/mol. The normalized spacial score (nSPS) is 15.5. The van der Waals surface area contributed by atoms with E-state index in [2.05, 4.69) is 36.8 Å². The second-order valence-electron chi connectivity index (χ2n) is 3.07. The molecule has 0 aliphatic rings. The zero-order valence-electron chi connectivity index (χ0n) is 7.09. The number of aliphatic hydroxyl groups is 1. The number of pyridine rings is 1. The molecule has 3 nitrogen and oxygen atoms in total. The Labute approximate surface area is 93.6 Å². The van der Waals surface area contributed by atoms with Gasteiger partial charge >= 0.3 is 0 Å². The van der Waals surface area contributed by atoms with E-state index in [1.165, 1.54) is 0 Å². The van der Waals surface area contributed by atoms with Crippen LogP contribution in [-0.2, 0) is 5.54 Å². The minimum atomic E-state index is -0.740. The largest absolute Gasteiger partial charge is 0.394 e. The van der Waals surface area contributed by atoms with Crippen LogP contribution in [0.25, 0.3) is 0 Å². The van der Waals surface area contributed by atoms with E-state index >= 15 is 0 Å². The molecule has 3 N–H and O–H groups in total. The number of nitrogens with two attached hydrogens (primary N) is 1. The summed E-state index contributed by atoms with van der Waals surface area (Å²) in [6.45, 7) is 1.65. The van der Waals surface area contributed by atoms with E-state index in [0.717, 1.165) is 14.6 Å². The van der Waals surface area contributed by atoms with Crippen LogP contribution in [0.1, 0.15) is 12.5 Å². The molecule has 0 saturated carbocycles. The molecule has 0 unspecified atom stereocenters. The molecule has 1 heterocycles. The molecule has 0 aliphatic carbocycles. The van der Waals surface area contributed by atoms with Crippen LogP contribution in [0.5, 0.6) is 0 Å². The van der Waals surface area contributed by atoms with E-state index in [1.54, 1.807) is 13.1 Å². The van der Waals surface area contributed by atoms with Crippen LogP contribution in [0.3, 0.4) is 0 Å². The molecular formula is C8H10Br2N2O. The Hall–Kier alpha value is 0.0300. The van der Waals surface area contributed by atoms with Gasteiger partial charge in [0.1, 0.15) is 4.60 Å². The lowest BCUT2D eigenvalue weighted by molar-refractivity contribution is 0.209. The van der Waals surface area contributed by atoms with Crippen molar-refractivity contribution in [2.75, 3.05) is 6.61 Å². The third-order valence-electron chi connectivity index (χ3n) is 1.78. The van der Waals surface area contributed by atoms with Crippen molar-refractivity contribution in [1.82, 2.24) is 4.98 Å². The summed E-state index contributed by atoms with van der Waals surface area (Å²) in [6, 6.07) is 1.84. The Morgan fingerprint density at radius 1 is 1.62 bits per heavy atom. The molecule has 0 radical (unpaired) electrons. The molecule has 0 spiro atoms. The topological polar surface area (TPSA) is 59.1 Å². The first-order valence-corrected chi connectivity index (χ1v) is 5.27. The third kappa shape index (κ3) is 2.49. The van der Waals surface area contributed by atoms with Crippen LogP contribution in [0.15, 0.2) is 21.3 Å². The van der Waals surface area contributed by atoms with Crippen LogP contribution >= 0.6 is 31.9 Å². The summed E-state index contributed by atoms with van der Waals surface area (Å²) in [5, 5.41) is 9.03. The minimum absolute atomic E-state index is 0.108. The Balaban J connectivity index is 3.10. The molecule has 5 heteroatoms. The van der Waals surface area contributed by atoms with Crippen molar-refractivity contribution in [3.05, 3.63) is 26.9 Å². The maximum atomic E-state index is 9.03. The SMILES string of the molecule is C[C@@](N)(CO)c1cnc(Br)c(Br)c1. The van der Waals surface area contributed by atoms with E-state index in [1.807, 2.05) is 6.07 Å². The summed E-state index contributed by atoms with van der Waals surface area (Å²) in [4.78, 5) is 4.07. The number of nitrogens with zero attached hydrogens (tertiary/aromatic N) is 1. The summed E-state index contributed by atoms with van der Waals surface area (Å²) in [5.74, 6) is 0. The molecule has 0 fully saturated rings. The van der Waals surface area contributed by atoms with Gasteiger partial charge in [-0.1, -0.05) is 0 Å². The lowest BCUT2D eigenvalue weighted by Gasteiger charge is -2.21. The molecule has 0 saturated heterocycles. The molecule has 72 valence electrons. The Kier molecular flexibility index (Phi) is 3.45. The number of aromatic nitrogens is 1. The van der Waals surface area contributed by atoms with Gasteiger partial charge in [-0.05, 0) is 50.4 Å². The third-order valence-corrected chi connectivity index (χ3v) is 3.55. The Bertz CT molecular complexity index is 315. The first-order chi connectivity index (χ1) is 5.97. The van der Waals surface area contributed by atoms with Gasteiger partial charge in [0.05, 0.1) is 16.6 Å². The van der Waals surface area contributed by atoms with Gasteiger partial charge in [0.2, 0.25) is 0 Å². The number of aliphatic hydroxyl groups excluding tert-OH is 1. The summed E-state index contributed by atoms with van der Waals surface area (Å²) in [5.41, 5.74) is 5.89. The predicted octanol–water partition coefficient (Wildman–Crippen LogP) is 1.77. The molecule has 0 amide bonds. The van der Waals surface area contributed by atoms with E-state index in [-0.39, 0.29) is 6.61 Å². The smallest absolute Gasteiger partial charge is 0.120 e. The summed E-state index contributed by atoms with van der Waals surface area (Å²) >= 11 is 6.58. The van der Waals surface area contributed by atoms with E-state index in [0.29, 0.717) is 0 Å². The Morgan fingerprint density at radius 2 is 2.23 bits per heavy atom. The fourth-order valence-electron chi connectivity index (χ4n) is 0.825. The summed E-state index contributed by atoms with van der Waals surface area (Å²) in [6.07, 6.45) is 1.64. The van der Waals surface area contributed by atoms with Crippen molar-refractivity contribution in [2.45, 2.75) is 12.5 Å². The predicted molar refractivity (Wildman–Crippen MR) is 58.3 cm³/mol. The lowest BCUT2D eigenvalue weighted by atomic mass is 9.96. The Morgan fingerprint density at radius 3 is 2.69 bits per heavy atom. The van der Waals surface area contributed by atoms with Gasteiger partial charge in [-0.15, -0.1) is 0 Å². The zero-order chi connectivity index (χ0) is 10.1. The molecule has 0 aromatic carbocycles. The van der Waals surface area contributed by atoms with Gasteiger partial charge in [-0.3, -0.25) is 0 Å². The number of halogens is 2. The lowest BCUT2D eigenvalue weighted by Crippen LogP contribution is -2.37. The van der Waals surface area contributed by atoms with Crippen LogP contribution in [0.2, 0.25) is 0 Å². The van der Waals surface area contributed by atoms with Crippen molar-refractivity contribution in [2.24, 2.45) is 5.73 Å². The number of rotatable bonds is 2. The van der Waals surface area contributed by atoms with Crippen molar-refractivity contribution >= 4 is 31.9 Å². The van der Waals surface area contributed by atoms with E-state index < -0.39 is 5.54 Å². The van der Waals surface area contributed by atoms with Gasteiger partial charge in [0.15, 0.2) is 0 Å². The van der Waals surface area contributed by atoms with Gasteiger partial charge in [-0.2, -0.15) is 0 Å². The van der Waals surface area contributed by atoms with E-state index in [4.69, 9.17) is 10.8 Å². The fourth-order valence-corrected chi connectivity index (χ4v) is 1.39. The average Bonchev–Trinajstić information content (AvgIpc) is 2.09. The molecule has 1 aromatic heterocycles. The first-order valence-electron chi connectivity index (χ1n) is 3.68. The molecule has 1 atom stereocenters. The molecule has 0 bridgehead atoms. The fraction of sp³-hybridized carbons (Fsp3) is 0.375. The summed E-state index contributed by atoms with van der Waals surface area (Å²) < 4.78 is 1.56. The van der Waals surface area contributed by atoms with Crippen molar-refractivity contribution < 1.29 is 5.11 Å². The highest BCUT2D eigenvalue weighted by molar-refractivity contribution is 9.13.